The topological polar surface area (TPSA) is 35.2 Å². The third kappa shape index (κ3) is 3.94. The predicted molar refractivity (Wildman–Crippen MR) is 64.3 cm³/mol. The molecule has 0 amide bonds. The zero-order chi connectivity index (χ0) is 11.1. The Bertz CT molecular complexity index is 319. The van der Waals surface area contributed by atoms with Crippen molar-refractivity contribution in [3.05, 3.63) is 40.9 Å². The molecule has 1 aromatic rings. The molecule has 0 aliphatic heterocycles. The molecule has 0 aliphatic carbocycles. The van der Waals surface area contributed by atoms with Crippen LogP contribution in [0.1, 0.15) is 12.0 Å². The first kappa shape index (κ1) is 12.1. The molecule has 0 heterocycles. The smallest absolute Gasteiger partial charge is 0.118 e. The van der Waals surface area contributed by atoms with E-state index in [9.17, 15) is 0 Å². The zero-order valence-corrected chi connectivity index (χ0v) is 9.63. The lowest BCUT2D eigenvalue weighted by molar-refractivity contribution is 0.414. The molecule has 1 rings (SSSR count). The molecule has 0 atom stereocenters. The van der Waals surface area contributed by atoms with Crippen molar-refractivity contribution >= 4 is 11.6 Å². The average Bonchev–Trinajstić information content (AvgIpc) is 2.31. The van der Waals surface area contributed by atoms with E-state index in [4.69, 9.17) is 22.1 Å². The van der Waals surface area contributed by atoms with Crippen molar-refractivity contribution in [3.63, 3.8) is 0 Å². The molecule has 82 valence electrons. The second kappa shape index (κ2) is 6.49. The zero-order valence-electron chi connectivity index (χ0n) is 8.87. The fourth-order valence-electron chi connectivity index (χ4n) is 1.30. The Morgan fingerprint density at radius 2 is 2.07 bits per heavy atom. The van der Waals surface area contributed by atoms with Gasteiger partial charge in [0.1, 0.15) is 5.75 Å². The van der Waals surface area contributed by atoms with Crippen LogP contribution in [0.4, 0.5) is 0 Å². The van der Waals surface area contributed by atoms with E-state index in [1.165, 1.54) is 5.56 Å². The predicted octanol–water partition coefficient (Wildman–Crippen LogP) is 2.71. The van der Waals surface area contributed by atoms with Crippen molar-refractivity contribution < 1.29 is 4.74 Å². The molecule has 0 saturated heterocycles. The van der Waals surface area contributed by atoms with Gasteiger partial charge in [0.15, 0.2) is 0 Å². The van der Waals surface area contributed by atoms with Crippen molar-refractivity contribution in [2.45, 2.75) is 12.8 Å². The summed E-state index contributed by atoms with van der Waals surface area (Å²) in [4.78, 5) is 0. The minimum Gasteiger partial charge on any atom is -0.497 e. The van der Waals surface area contributed by atoms with Crippen molar-refractivity contribution in [1.29, 1.82) is 0 Å². The normalized spacial score (nSPS) is 11.5. The highest BCUT2D eigenvalue weighted by Gasteiger charge is 1.97. The Balaban J connectivity index is 2.51. The number of hydrogen-bond acceptors (Lipinski definition) is 2. The Morgan fingerprint density at radius 1 is 1.40 bits per heavy atom. The summed E-state index contributed by atoms with van der Waals surface area (Å²) in [6.45, 7) is 0.527. The number of aryl methyl sites for hydroxylation is 1. The molecule has 0 fully saturated rings. The number of ether oxygens (including phenoxy) is 1. The monoisotopic (exact) mass is 225 g/mol. The van der Waals surface area contributed by atoms with Gasteiger partial charge in [-0.25, -0.2) is 0 Å². The van der Waals surface area contributed by atoms with Crippen LogP contribution in [0.2, 0.25) is 0 Å². The second-order valence-corrected chi connectivity index (χ2v) is 3.54. The Morgan fingerprint density at radius 3 is 2.53 bits per heavy atom. The van der Waals surface area contributed by atoms with Gasteiger partial charge in [-0.05, 0) is 36.1 Å². The van der Waals surface area contributed by atoms with E-state index in [-0.39, 0.29) is 0 Å². The molecule has 2 N–H and O–H groups in total. The molecule has 15 heavy (non-hydrogen) atoms. The van der Waals surface area contributed by atoms with Crippen LogP contribution in [-0.4, -0.2) is 13.7 Å². The van der Waals surface area contributed by atoms with Gasteiger partial charge in [0, 0.05) is 12.1 Å². The van der Waals surface area contributed by atoms with E-state index in [0.717, 1.165) is 24.2 Å². The summed E-state index contributed by atoms with van der Waals surface area (Å²) in [5.74, 6) is 0.880. The van der Waals surface area contributed by atoms with Crippen LogP contribution in [0, 0.1) is 0 Å². The number of halogens is 1. The molecule has 0 spiro atoms. The van der Waals surface area contributed by atoms with Gasteiger partial charge in [0.05, 0.1) is 7.11 Å². The highest BCUT2D eigenvalue weighted by molar-refractivity contribution is 6.25. The Hall–Kier alpha value is -0.990. The van der Waals surface area contributed by atoms with Crippen LogP contribution >= 0.6 is 11.6 Å². The standard InChI is InChI=1S/C12H16ClNO/c1-15-12-6-4-10(5-7-12)2-3-11(8-13)9-14/h4-8H,2-3,9,14H2,1H3. The first-order chi connectivity index (χ1) is 7.30. The van der Waals surface area contributed by atoms with Gasteiger partial charge in [0.2, 0.25) is 0 Å². The van der Waals surface area contributed by atoms with E-state index in [2.05, 4.69) is 12.1 Å². The number of methoxy groups -OCH3 is 1. The van der Waals surface area contributed by atoms with E-state index >= 15 is 0 Å². The minimum atomic E-state index is 0.527. The molecule has 3 heteroatoms. The SMILES string of the molecule is COc1ccc(CCC(=CCl)CN)cc1. The first-order valence-electron chi connectivity index (χ1n) is 4.91. The summed E-state index contributed by atoms with van der Waals surface area (Å²) in [6, 6.07) is 8.03. The van der Waals surface area contributed by atoms with Gasteiger partial charge in [-0.3, -0.25) is 0 Å². The summed E-state index contributed by atoms with van der Waals surface area (Å²) in [5, 5.41) is 0. The Kier molecular flexibility index (Phi) is 5.22. The maximum absolute atomic E-state index is 5.62. The first-order valence-corrected chi connectivity index (χ1v) is 5.35. The van der Waals surface area contributed by atoms with Crippen LogP contribution in [0.15, 0.2) is 35.4 Å². The van der Waals surface area contributed by atoms with Crippen molar-refractivity contribution in [3.8, 4) is 5.75 Å². The molecular formula is C12H16ClNO. The number of rotatable bonds is 5. The van der Waals surface area contributed by atoms with Crippen molar-refractivity contribution in [1.82, 2.24) is 0 Å². The van der Waals surface area contributed by atoms with Crippen molar-refractivity contribution in [2.24, 2.45) is 5.73 Å². The lowest BCUT2D eigenvalue weighted by atomic mass is 10.1. The Labute approximate surface area is 95.7 Å². The molecule has 0 unspecified atom stereocenters. The number of benzene rings is 1. The highest BCUT2D eigenvalue weighted by atomic mass is 35.5. The molecule has 0 bridgehead atoms. The third-order valence-electron chi connectivity index (χ3n) is 2.31. The molecule has 1 aromatic carbocycles. The van der Waals surface area contributed by atoms with E-state index in [1.807, 2.05) is 12.1 Å². The number of hydrogen-bond donors (Lipinski definition) is 1. The van der Waals surface area contributed by atoms with E-state index < -0.39 is 0 Å². The van der Waals surface area contributed by atoms with Gasteiger partial charge >= 0.3 is 0 Å². The molecule has 2 nitrogen and oxygen atoms in total. The molecule has 0 aromatic heterocycles. The maximum Gasteiger partial charge on any atom is 0.118 e. The maximum atomic E-state index is 5.62. The van der Waals surface area contributed by atoms with Crippen LogP contribution in [-0.2, 0) is 6.42 Å². The summed E-state index contributed by atoms with van der Waals surface area (Å²) in [7, 11) is 1.66. The minimum absolute atomic E-state index is 0.527. The summed E-state index contributed by atoms with van der Waals surface area (Å²) in [6.07, 6.45) is 1.87. The lowest BCUT2D eigenvalue weighted by Crippen LogP contribution is -2.03. The summed E-state index contributed by atoms with van der Waals surface area (Å²) < 4.78 is 5.08. The van der Waals surface area contributed by atoms with E-state index in [1.54, 1.807) is 12.6 Å². The van der Waals surface area contributed by atoms with Gasteiger partial charge in [0.25, 0.3) is 0 Å². The largest absolute Gasteiger partial charge is 0.497 e. The summed E-state index contributed by atoms with van der Waals surface area (Å²) >= 11 is 5.62. The van der Waals surface area contributed by atoms with Crippen molar-refractivity contribution in [2.75, 3.05) is 13.7 Å². The van der Waals surface area contributed by atoms with Gasteiger partial charge in [-0.15, -0.1) is 0 Å². The fourth-order valence-corrected chi connectivity index (χ4v) is 1.50. The highest BCUT2D eigenvalue weighted by Crippen LogP contribution is 2.14. The number of nitrogens with two attached hydrogens (primary N) is 1. The van der Waals surface area contributed by atoms with Gasteiger partial charge in [-0.1, -0.05) is 23.7 Å². The molecule has 0 radical (unpaired) electrons. The second-order valence-electron chi connectivity index (χ2n) is 3.32. The van der Waals surface area contributed by atoms with Gasteiger partial charge < -0.3 is 10.5 Å². The molecule has 0 aliphatic rings. The quantitative estimate of drug-likeness (QED) is 0.837. The van der Waals surface area contributed by atoms with Crippen LogP contribution in [0.3, 0.4) is 0 Å². The lowest BCUT2D eigenvalue weighted by Gasteiger charge is -2.04. The van der Waals surface area contributed by atoms with Gasteiger partial charge in [-0.2, -0.15) is 0 Å². The third-order valence-corrected chi connectivity index (χ3v) is 2.62. The average molecular weight is 226 g/mol. The summed E-state index contributed by atoms with van der Waals surface area (Å²) in [5.41, 5.74) is 9.43. The van der Waals surface area contributed by atoms with Crippen LogP contribution in [0.5, 0.6) is 5.75 Å². The van der Waals surface area contributed by atoms with Crippen LogP contribution < -0.4 is 10.5 Å². The van der Waals surface area contributed by atoms with Crippen LogP contribution in [0.25, 0.3) is 0 Å². The molecular weight excluding hydrogens is 210 g/mol. The fraction of sp³-hybridized carbons (Fsp3) is 0.333. The molecule has 0 saturated carbocycles. The van der Waals surface area contributed by atoms with E-state index in [0.29, 0.717) is 6.54 Å².